The summed E-state index contributed by atoms with van der Waals surface area (Å²) in [5, 5.41) is 0. The molecule has 1 aromatic carbocycles. The fourth-order valence-corrected chi connectivity index (χ4v) is 3.27. The monoisotopic (exact) mass is 335 g/mol. The second-order valence-corrected chi connectivity index (χ2v) is 6.95. The molecular weight excluding hydrogens is 322 g/mol. The Morgan fingerprint density at radius 1 is 1.15 bits per heavy atom. The zero-order valence-corrected chi connectivity index (χ0v) is 12.5. The van der Waals surface area contributed by atoms with E-state index in [0.29, 0.717) is 6.61 Å². The van der Waals surface area contributed by atoms with Gasteiger partial charge in [-0.1, -0.05) is 0 Å². The zero-order valence-electron chi connectivity index (χ0n) is 10.9. The van der Waals surface area contributed by atoms with Gasteiger partial charge in [0.1, 0.15) is 0 Å². The van der Waals surface area contributed by atoms with Crippen LogP contribution in [0.15, 0.2) is 21.6 Å². The van der Waals surface area contributed by atoms with Crippen LogP contribution in [0.2, 0.25) is 0 Å². The summed E-state index contributed by atoms with van der Waals surface area (Å²) in [4.78, 5) is 14.6. The van der Waals surface area contributed by atoms with E-state index >= 15 is 0 Å². The molecule has 0 atom stereocenters. The Morgan fingerprint density at radius 2 is 1.90 bits per heavy atom. The number of rotatable bonds is 2. The van der Waals surface area contributed by atoms with Gasteiger partial charge in [0.25, 0.3) is 0 Å². The summed E-state index contributed by atoms with van der Waals surface area (Å²) in [6.07, 6.45) is 5.81. The van der Waals surface area contributed by atoms with Crippen LogP contribution >= 0.6 is 15.9 Å². The smallest absolute Gasteiger partial charge is 0.235 e. The molecule has 2 fully saturated rings. The van der Waals surface area contributed by atoms with Gasteiger partial charge in [0, 0.05) is 5.41 Å². The Hall–Kier alpha value is -1.32. The van der Waals surface area contributed by atoms with Crippen LogP contribution in [0.3, 0.4) is 0 Å². The van der Waals surface area contributed by atoms with Gasteiger partial charge in [-0.25, -0.2) is 4.79 Å². The zero-order chi connectivity index (χ0) is 13.8. The van der Waals surface area contributed by atoms with E-state index in [2.05, 4.69) is 20.9 Å². The fourth-order valence-electron chi connectivity index (χ4n) is 2.72. The lowest BCUT2D eigenvalue weighted by atomic mass is 10.0. The van der Waals surface area contributed by atoms with Gasteiger partial charge in [0.05, 0.1) is 23.2 Å². The molecule has 1 heterocycles. The highest BCUT2D eigenvalue weighted by molar-refractivity contribution is 9.10. The molecule has 2 aliphatic carbocycles. The summed E-state index contributed by atoms with van der Waals surface area (Å²) in [6, 6.07) is 3.95. The molecule has 4 nitrogen and oxygen atoms in total. The molecule has 3 aliphatic rings. The lowest BCUT2D eigenvalue weighted by Crippen LogP contribution is -2.17. The molecule has 5 heteroatoms. The molecule has 104 valence electrons. The second kappa shape index (κ2) is 4.09. The first-order valence-electron chi connectivity index (χ1n) is 6.85. The maximum absolute atomic E-state index is 10.6. The van der Waals surface area contributed by atoms with Crippen LogP contribution in [0.1, 0.15) is 31.2 Å². The van der Waals surface area contributed by atoms with Crippen molar-refractivity contribution in [2.24, 2.45) is 10.4 Å². The second-order valence-electron chi connectivity index (χ2n) is 6.10. The molecule has 2 saturated carbocycles. The topological polar surface area (TPSA) is 47.9 Å². The first-order chi connectivity index (χ1) is 9.66. The van der Waals surface area contributed by atoms with Gasteiger partial charge < -0.3 is 9.47 Å². The number of carbonyl (C=O) groups excluding carboxylic acids is 1. The lowest BCUT2D eigenvalue weighted by Gasteiger charge is -2.14. The van der Waals surface area contributed by atoms with Gasteiger partial charge in [0.15, 0.2) is 11.5 Å². The first-order valence-corrected chi connectivity index (χ1v) is 7.64. The molecular formula is C15H14BrNO3. The van der Waals surface area contributed by atoms with Crippen LogP contribution in [0, 0.1) is 5.41 Å². The third-order valence-electron chi connectivity index (χ3n) is 4.54. The van der Waals surface area contributed by atoms with Crippen molar-refractivity contribution >= 4 is 22.0 Å². The number of hydrogen-bond acceptors (Lipinski definition) is 4. The van der Waals surface area contributed by atoms with Crippen LogP contribution in [0.4, 0.5) is 0 Å². The summed E-state index contributed by atoms with van der Waals surface area (Å²) in [5.41, 5.74) is 0.838. The number of isocyanates is 1. The van der Waals surface area contributed by atoms with E-state index in [-0.39, 0.29) is 11.0 Å². The third-order valence-corrected chi connectivity index (χ3v) is 5.13. The summed E-state index contributed by atoms with van der Waals surface area (Å²) < 4.78 is 12.7. The normalized spacial score (nSPS) is 23.6. The number of fused-ring (bicyclic) bond motifs is 1. The molecule has 0 radical (unpaired) electrons. The van der Waals surface area contributed by atoms with Crippen LogP contribution < -0.4 is 9.47 Å². The van der Waals surface area contributed by atoms with Crippen molar-refractivity contribution in [3.05, 3.63) is 22.2 Å². The maximum atomic E-state index is 10.6. The highest BCUT2D eigenvalue weighted by Crippen LogP contribution is 2.54. The van der Waals surface area contributed by atoms with Gasteiger partial charge in [-0.3, -0.25) is 0 Å². The minimum Gasteiger partial charge on any atom is -0.489 e. The number of aliphatic imine (C=N–C) groups is 1. The summed E-state index contributed by atoms with van der Waals surface area (Å²) in [6.45, 7) is 1.43. The van der Waals surface area contributed by atoms with Gasteiger partial charge in [-0.15, -0.1) is 0 Å². The molecule has 1 aliphatic heterocycles. The highest BCUT2D eigenvalue weighted by atomic mass is 79.9. The fraction of sp³-hybridized carbons (Fsp3) is 0.533. The van der Waals surface area contributed by atoms with Crippen molar-refractivity contribution < 1.29 is 14.3 Å². The number of benzene rings is 1. The van der Waals surface area contributed by atoms with E-state index in [1.54, 1.807) is 6.08 Å². The molecule has 20 heavy (non-hydrogen) atoms. The van der Waals surface area contributed by atoms with Crippen LogP contribution in [0.25, 0.3) is 0 Å². The van der Waals surface area contributed by atoms with Crippen molar-refractivity contribution in [2.75, 3.05) is 13.2 Å². The molecule has 0 N–H and O–H groups in total. The Balaban J connectivity index is 1.73. The Bertz CT molecular complexity index is 628. The van der Waals surface area contributed by atoms with Gasteiger partial charge in [-0.05, 0) is 59.3 Å². The molecule has 0 amide bonds. The minimum atomic E-state index is -0.383. The van der Waals surface area contributed by atoms with E-state index in [9.17, 15) is 4.79 Å². The molecule has 1 aromatic rings. The standard InChI is InChI=1S/C15H14BrNO3/c16-11-5-10(15(3-4-15)17-9-18)6-12-13(11)20-8-14(1-2-14)7-19-12/h5-6H,1-4,7-8H2. The van der Waals surface area contributed by atoms with E-state index in [4.69, 9.17) is 9.47 Å². The Kier molecular flexibility index (Phi) is 2.54. The van der Waals surface area contributed by atoms with E-state index in [0.717, 1.165) is 41.0 Å². The van der Waals surface area contributed by atoms with Gasteiger partial charge in [-0.2, -0.15) is 4.99 Å². The summed E-state index contributed by atoms with van der Waals surface area (Å²) in [5.74, 6) is 1.52. The largest absolute Gasteiger partial charge is 0.489 e. The van der Waals surface area contributed by atoms with Crippen LogP contribution in [-0.2, 0) is 10.3 Å². The highest BCUT2D eigenvalue weighted by Gasteiger charge is 2.48. The molecule has 4 rings (SSSR count). The van der Waals surface area contributed by atoms with Gasteiger partial charge in [0.2, 0.25) is 6.08 Å². The third kappa shape index (κ3) is 1.88. The molecule has 0 bridgehead atoms. The predicted molar refractivity (Wildman–Crippen MR) is 75.8 cm³/mol. The van der Waals surface area contributed by atoms with Gasteiger partial charge >= 0.3 is 0 Å². The molecule has 1 spiro atoms. The molecule has 0 unspecified atom stereocenters. The quantitative estimate of drug-likeness (QED) is 0.615. The Morgan fingerprint density at radius 3 is 2.55 bits per heavy atom. The minimum absolute atomic E-state index is 0.219. The number of hydrogen-bond donors (Lipinski definition) is 0. The van der Waals surface area contributed by atoms with Crippen molar-refractivity contribution in [1.29, 1.82) is 0 Å². The summed E-state index contributed by atoms with van der Waals surface area (Å²) >= 11 is 3.55. The first kappa shape index (κ1) is 12.4. The molecule has 0 aromatic heterocycles. The van der Waals surface area contributed by atoms with Crippen LogP contribution in [-0.4, -0.2) is 19.3 Å². The summed E-state index contributed by atoms with van der Waals surface area (Å²) in [7, 11) is 0. The average Bonchev–Trinajstić information content (AvgIpc) is 3.32. The number of halogens is 1. The van der Waals surface area contributed by atoms with E-state index in [1.165, 1.54) is 12.8 Å². The van der Waals surface area contributed by atoms with E-state index < -0.39 is 0 Å². The average molecular weight is 336 g/mol. The van der Waals surface area contributed by atoms with Crippen molar-refractivity contribution in [3.63, 3.8) is 0 Å². The number of ether oxygens (including phenoxy) is 2. The van der Waals surface area contributed by atoms with Crippen molar-refractivity contribution in [1.82, 2.24) is 0 Å². The number of nitrogens with zero attached hydrogens (tertiary/aromatic N) is 1. The SMILES string of the molecule is O=C=NC1(c2cc(Br)c3c(c2)OCC2(CC2)CO3)CC1. The van der Waals surface area contributed by atoms with Crippen LogP contribution in [0.5, 0.6) is 11.5 Å². The van der Waals surface area contributed by atoms with E-state index in [1.807, 2.05) is 12.1 Å². The Labute approximate surface area is 125 Å². The molecule has 0 saturated heterocycles. The van der Waals surface area contributed by atoms with Crippen molar-refractivity contribution in [2.45, 2.75) is 31.2 Å². The lowest BCUT2D eigenvalue weighted by molar-refractivity contribution is 0.196. The maximum Gasteiger partial charge on any atom is 0.235 e. The predicted octanol–water partition coefficient (Wildman–Crippen LogP) is 3.33. The van der Waals surface area contributed by atoms with Crippen molar-refractivity contribution in [3.8, 4) is 11.5 Å².